The molecule has 8 nitrogen and oxygen atoms in total. The van der Waals surface area contributed by atoms with Crippen LogP contribution in [0.3, 0.4) is 0 Å². The normalized spacial score (nSPS) is 18.6. The van der Waals surface area contributed by atoms with Crippen LogP contribution in [0.15, 0.2) is 6.20 Å². The van der Waals surface area contributed by atoms with E-state index < -0.39 is 17.4 Å². The Balaban J connectivity index is 2.12. The molecule has 0 aromatic carbocycles. The van der Waals surface area contributed by atoms with E-state index in [1.54, 1.807) is 13.8 Å². The van der Waals surface area contributed by atoms with Gasteiger partial charge in [-0.15, -0.1) is 5.10 Å². The van der Waals surface area contributed by atoms with Crippen LogP contribution < -0.4 is 0 Å². The highest BCUT2D eigenvalue weighted by Gasteiger charge is 2.68. The number of ether oxygens (including phenoxy) is 2. The van der Waals surface area contributed by atoms with Gasteiger partial charge < -0.3 is 9.47 Å². The van der Waals surface area contributed by atoms with E-state index >= 15 is 0 Å². The van der Waals surface area contributed by atoms with Gasteiger partial charge in [0.1, 0.15) is 6.07 Å². The highest BCUT2D eigenvalue weighted by atomic mass is 16.6. The summed E-state index contributed by atoms with van der Waals surface area (Å²) in [4.78, 5) is 24.2. The number of hydrogen-bond donors (Lipinski definition) is 0. The maximum absolute atomic E-state index is 12.1. The standard InChI is InChI=1S/C13H16N4O4/c1-3-20-11(18)13(12(19)21-4-2)5-9(13)7-17-8-10(6-14)15-16-17/h8-9H,3-5,7H2,1-2H3/t9-/m1/s1. The monoisotopic (exact) mass is 292 g/mol. The number of esters is 2. The largest absolute Gasteiger partial charge is 0.465 e. The number of rotatable bonds is 6. The minimum Gasteiger partial charge on any atom is -0.465 e. The van der Waals surface area contributed by atoms with Crippen LogP contribution >= 0.6 is 0 Å². The van der Waals surface area contributed by atoms with Crippen LogP contribution in [0.1, 0.15) is 26.0 Å². The Morgan fingerprint density at radius 2 is 2.05 bits per heavy atom. The molecule has 0 bridgehead atoms. The van der Waals surface area contributed by atoms with Crippen molar-refractivity contribution in [2.24, 2.45) is 11.3 Å². The quantitative estimate of drug-likeness (QED) is 0.547. The second-order valence-electron chi connectivity index (χ2n) is 4.75. The number of hydrogen-bond acceptors (Lipinski definition) is 7. The van der Waals surface area contributed by atoms with Crippen LogP contribution in [0.4, 0.5) is 0 Å². The summed E-state index contributed by atoms with van der Waals surface area (Å²) in [5.41, 5.74) is -1.06. The van der Waals surface area contributed by atoms with Crippen molar-refractivity contribution >= 4 is 11.9 Å². The summed E-state index contributed by atoms with van der Waals surface area (Å²) in [5, 5.41) is 16.1. The van der Waals surface area contributed by atoms with Gasteiger partial charge in [0, 0.05) is 12.5 Å². The summed E-state index contributed by atoms with van der Waals surface area (Å²) < 4.78 is 11.4. The maximum Gasteiger partial charge on any atom is 0.323 e. The fourth-order valence-corrected chi connectivity index (χ4v) is 2.32. The van der Waals surface area contributed by atoms with Gasteiger partial charge >= 0.3 is 11.9 Å². The molecular formula is C13H16N4O4. The summed E-state index contributed by atoms with van der Waals surface area (Å²) >= 11 is 0. The molecule has 0 unspecified atom stereocenters. The maximum atomic E-state index is 12.1. The van der Waals surface area contributed by atoms with Gasteiger partial charge in [-0.2, -0.15) is 5.26 Å². The molecule has 1 saturated carbocycles. The third kappa shape index (κ3) is 2.72. The zero-order valence-corrected chi connectivity index (χ0v) is 11.9. The highest BCUT2D eigenvalue weighted by Crippen LogP contribution is 2.55. The van der Waals surface area contributed by atoms with Gasteiger partial charge in [-0.25, -0.2) is 0 Å². The van der Waals surface area contributed by atoms with Crippen molar-refractivity contribution in [3.05, 3.63) is 11.9 Å². The zero-order chi connectivity index (χ0) is 15.5. The summed E-state index contributed by atoms with van der Waals surface area (Å²) in [6.45, 7) is 4.09. The molecule has 1 aliphatic rings. The van der Waals surface area contributed by atoms with Crippen LogP contribution in [-0.4, -0.2) is 40.1 Å². The second kappa shape index (κ2) is 5.91. The van der Waals surface area contributed by atoms with Crippen LogP contribution in [0.2, 0.25) is 0 Å². The minimum atomic E-state index is -1.25. The summed E-state index contributed by atoms with van der Waals surface area (Å²) in [5.74, 6) is -1.38. The average molecular weight is 292 g/mol. The average Bonchev–Trinajstić information content (AvgIpc) is 3.00. The molecule has 1 aromatic rings. The van der Waals surface area contributed by atoms with Crippen molar-refractivity contribution in [1.82, 2.24) is 15.0 Å². The first-order chi connectivity index (χ1) is 10.1. The summed E-state index contributed by atoms with van der Waals surface area (Å²) in [6.07, 6.45) is 1.83. The van der Waals surface area contributed by atoms with E-state index in [1.807, 2.05) is 6.07 Å². The lowest BCUT2D eigenvalue weighted by Crippen LogP contribution is -2.32. The first kappa shape index (κ1) is 15.0. The van der Waals surface area contributed by atoms with Crippen molar-refractivity contribution in [2.45, 2.75) is 26.8 Å². The van der Waals surface area contributed by atoms with Gasteiger partial charge in [-0.1, -0.05) is 5.21 Å². The zero-order valence-electron chi connectivity index (χ0n) is 11.9. The van der Waals surface area contributed by atoms with Crippen molar-refractivity contribution < 1.29 is 19.1 Å². The van der Waals surface area contributed by atoms with Crippen molar-refractivity contribution in [2.75, 3.05) is 13.2 Å². The van der Waals surface area contributed by atoms with Gasteiger partial charge in [0.05, 0.1) is 19.4 Å². The molecule has 0 amide bonds. The molecule has 21 heavy (non-hydrogen) atoms. The Bertz CT molecular complexity index is 571. The first-order valence-corrected chi connectivity index (χ1v) is 6.73. The van der Waals surface area contributed by atoms with Gasteiger partial charge in [0.2, 0.25) is 0 Å². The Morgan fingerprint density at radius 1 is 1.43 bits per heavy atom. The predicted molar refractivity (Wildman–Crippen MR) is 68.5 cm³/mol. The molecule has 1 aromatic heterocycles. The fraction of sp³-hybridized carbons (Fsp3) is 0.615. The Morgan fingerprint density at radius 3 is 2.52 bits per heavy atom. The van der Waals surface area contributed by atoms with Gasteiger partial charge in [0.25, 0.3) is 0 Å². The molecule has 0 spiro atoms. The molecule has 1 atom stereocenters. The molecular weight excluding hydrogens is 276 g/mol. The van der Waals surface area contributed by atoms with E-state index in [1.165, 1.54) is 10.9 Å². The van der Waals surface area contributed by atoms with Crippen molar-refractivity contribution in [3.8, 4) is 6.07 Å². The smallest absolute Gasteiger partial charge is 0.323 e. The van der Waals surface area contributed by atoms with Gasteiger partial charge in [0.15, 0.2) is 11.1 Å². The molecule has 8 heteroatoms. The number of carbonyl (C=O) groups is 2. The third-order valence-corrected chi connectivity index (χ3v) is 3.45. The van der Waals surface area contributed by atoms with Crippen LogP contribution in [0.25, 0.3) is 0 Å². The second-order valence-corrected chi connectivity index (χ2v) is 4.75. The van der Waals surface area contributed by atoms with Gasteiger partial charge in [-0.3, -0.25) is 14.3 Å². The van der Waals surface area contributed by atoms with E-state index in [9.17, 15) is 9.59 Å². The van der Waals surface area contributed by atoms with Crippen LogP contribution in [-0.2, 0) is 25.6 Å². The van der Waals surface area contributed by atoms with E-state index in [2.05, 4.69) is 10.3 Å². The minimum absolute atomic E-state index is 0.188. The lowest BCUT2D eigenvalue weighted by molar-refractivity contribution is -0.165. The topological polar surface area (TPSA) is 107 Å². The third-order valence-electron chi connectivity index (χ3n) is 3.45. The fourth-order valence-electron chi connectivity index (χ4n) is 2.32. The number of nitriles is 1. The number of aromatic nitrogens is 3. The molecule has 0 radical (unpaired) electrons. The molecule has 0 N–H and O–H groups in total. The molecule has 112 valence electrons. The SMILES string of the molecule is CCOC(=O)C1(C(=O)OCC)C[C@@H]1Cn1cc(C#N)nn1. The van der Waals surface area contributed by atoms with Crippen molar-refractivity contribution in [1.29, 1.82) is 5.26 Å². The molecule has 0 saturated heterocycles. The first-order valence-electron chi connectivity index (χ1n) is 6.73. The van der Waals surface area contributed by atoms with Gasteiger partial charge in [-0.05, 0) is 20.3 Å². The van der Waals surface area contributed by atoms with E-state index in [4.69, 9.17) is 14.7 Å². The molecule has 1 heterocycles. The highest BCUT2D eigenvalue weighted by molar-refractivity contribution is 6.03. The lowest BCUT2D eigenvalue weighted by Gasteiger charge is -2.14. The van der Waals surface area contributed by atoms with Crippen molar-refractivity contribution in [3.63, 3.8) is 0 Å². The lowest BCUT2D eigenvalue weighted by atomic mass is 10.0. The summed E-state index contributed by atoms with van der Waals surface area (Å²) in [6, 6.07) is 1.87. The molecule has 1 fully saturated rings. The molecule has 0 aliphatic heterocycles. The Labute approximate surface area is 121 Å². The Hall–Kier alpha value is -2.43. The van der Waals surface area contributed by atoms with E-state index in [0.29, 0.717) is 13.0 Å². The number of carbonyl (C=O) groups excluding carboxylic acids is 2. The number of nitrogens with zero attached hydrogens (tertiary/aromatic N) is 4. The van der Waals surface area contributed by atoms with Crippen LogP contribution in [0, 0.1) is 22.7 Å². The predicted octanol–water partition coefficient (Wildman–Crippen LogP) is 0.282. The van der Waals surface area contributed by atoms with E-state index in [-0.39, 0.29) is 24.8 Å². The molecule has 1 aliphatic carbocycles. The van der Waals surface area contributed by atoms with E-state index in [0.717, 1.165) is 0 Å². The van der Waals surface area contributed by atoms with Crippen LogP contribution in [0.5, 0.6) is 0 Å². The molecule has 2 rings (SSSR count). The Kier molecular flexibility index (Phi) is 4.21. The summed E-state index contributed by atoms with van der Waals surface area (Å²) in [7, 11) is 0.